The van der Waals surface area contributed by atoms with Crippen molar-refractivity contribution in [1.82, 2.24) is 9.88 Å². The molecule has 0 aliphatic carbocycles. The van der Waals surface area contributed by atoms with E-state index >= 15 is 0 Å². The second kappa shape index (κ2) is 6.84. The van der Waals surface area contributed by atoms with Crippen molar-refractivity contribution in [3.63, 3.8) is 0 Å². The van der Waals surface area contributed by atoms with Gasteiger partial charge in [-0.2, -0.15) is 0 Å². The quantitative estimate of drug-likeness (QED) is 0.839. The highest BCUT2D eigenvalue weighted by Crippen LogP contribution is 2.07. The fourth-order valence-electron chi connectivity index (χ4n) is 1.58. The molecule has 0 spiro atoms. The van der Waals surface area contributed by atoms with Crippen LogP contribution in [0.25, 0.3) is 0 Å². The lowest BCUT2D eigenvalue weighted by molar-refractivity contribution is 0.0626. The molecule has 1 N–H and O–H groups in total. The van der Waals surface area contributed by atoms with Gasteiger partial charge in [-0.1, -0.05) is 0 Å². The smallest absolute Gasteiger partial charge is 0.337 e. The van der Waals surface area contributed by atoms with Crippen molar-refractivity contribution >= 4 is 11.9 Å². The summed E-state index contributed by atoms with van der Waals surface area (Å²) in [6.45, 7) is 4.71. The number of rotatable bonds is 6. The molecule has 1 aromatic heterocycles. The average molecular weight is 266 g/mol. The van der Waals surface area contributed by atoms with Crippen LogP contribution in [0.1, 0.15) is 34.7 Å². The second-order valence-electron chi connectivity index (χ2n) is 4.32. The van der Waals surface area contributed by atoms with Gasteiger partial charge in [0.05, 0.1) is 12.2 Å². The summed E-state index contributed by atoms with van der Waals surface area (Å²) in [6, 6.07) is 2.81. The van der Waals surface area contributed by atoms with Crippen LogP contribution in [0.15, 0.2) is 18.3 Å². The Labute approximate surface area is 112 Å². The number of nitrogens with zero attached hydrogens (tertiary/aromatic N) is 2. The van der Waals surface area contributed by atoms with Crippen LogP contribution in [0.3, 0.4) is 0 Å². The fourth-order valence-corrected chi connectivity index (χ4v) is 1.58. The average Bonchev–Trinajstić information content (AvgIpc) is 2.38. The minimum absolute atomic E-state index is 0.0172. The Morgan fingerprint density at radius 2 is 2.11 bits per heavy atom. The van der Waals surface area contributed by atoms with Crippen molar-refractivity contribution in [1.29, 1.82) is 0 Å². The van der Waals surface area contributed by atoms with Gasteiger partial charge in [0.25, 0.3) is 5.91 Å². The molecule has 0 saturated heterocycles. The van der Waals surface area contributed by atoms with E-state index in [1.807, 2.05) is 13.8 Å². The molecule has 1 heterocycles. The van der Waals surface area contributed by atoms with E-state index in [1.54, 1.807) is 12.0 Å². The molecule has 0 aliphatic rings. The maximum atomic E-state index is 12.2. The number of amides is 1. The molecule has 6 nitrogen and oxygen atoms in total. The number of aromatic carboxylic acids is 1. The number of aromatic nitrogens is 1. The summed E-state index contributed by atoms with van der Waals surface area (Å²) in [6.07, 6.45) is 1.18. The monoisotopic (exact) mass is 266 g/mol. The normalized spacial score (nSPS) is 10.5. The minimum Gasteiger partial charge on any atom is -0.478 e. The topological polar surface area (TPSA) is 79.7 Å². The zero-order valence-corrected chi connectivity index (χ0v) is 11.3. The van der Waals surface area contributed by atoms with Crippen molar-refractivity contribution in [3.05, 3.63) is 29.6 Å². The molecule has 0 saturated carbocycles. The Morgan fingerprint density at radius 3 is 2.53 bits per heavy atom. The molecule has 0 aliphatic heterocycles. The zero-order valence-electron chi connectivity index (χ0n) is 11.3. The number of methoxy groups -OCH3 is 1. The van der Waals surface area contributed by atoms with Crippen molar-refractivity contribution < 1.29 is 19.4 Å². The Hall–Kier alpha value is -1.95. The van der Waals surface area contributed by atoms with Crippen LogP contribution in [0, 0.1) is 0 Å². The Morgan fingerprint density at radius 1 is 1.42 bits per heavy atom. The lowest BCUT2D eigenvalue weighted by Crippen LogP contribution is -2.39. The third kappa shape index (κ3) is 4.03. The van der Waals surface area contributed by atoms with E-state index in [0.717, 1.165) is 0 Å². The lowest BCUT2D eigenvalue weighted by atomic mass is 10.2. The number of carbonyl (C=O) groups is 2. The number of carbonyl (C=O) groups excluding carboxylic acids is 1. The molecule has 0 fully saturated rings. The number of carboxylic acids is 1. The first kappa shape index (κ1) is 15.1. The van der Waals surface area contributed by atoms with Crippen LogP contribution < -0.4 is 0 Å². The Kier molecular flexibility index (Phi) is 5.44. The minimum atomic E-state index is -1.06. The highest BCUT2D eigenvalue weighted by atomic mass is 16.5. The van der Waals surface area contributed by atoms with E-state index in [1.165, 1.54) is 18.3 Å². The number of carboxylic acid groups (broad SMARTS) is 1. The van der Waals surface area contributed by atoms with Crippen molar-refractivity contribution in [2.24, 2.45) is 0 Å². The predicted molar refractivity (Wildman–Crippen MR) is 69.2 cm³/mol. The number of hydrogen-bond donors (Lipinski definition) is 1. The molecule has 19 heavy (non-hydrogen) atoms. The van der Waals surface area contributed by atoms with Gasteiger partial charge in [-0.25, -0.2) is 4.79 Å². The molecule has 1 amide bonds. The number of pyridine rings is 1. The van der Waals surface area contributed by atoms with Gasteiger partial charge in [0.15, 0.2) is 0 Å². The van der Waals surface area contributed by atoms with Crippen LogP contribution in [0.2, 0.25) is 0 Å². The number of ether oxygens (including phenoxy) is 1. The Balaban J connectivity index is 2.87. The van der Waals surface area contributed by atoms with Gasteiger partial charge in [-0.05, 0) is 26.0 Å². The summed E-state index contributed by atoms with van der Waals surface area (Å²) < 4.78 is 4.97. The third-order valence-electron chi connectivity index (χ3n) is 2.65. The van der Waals surface area contributed by atoms with Gasteiger partial charge in [-0.15, -0.1) is 0 Å². The van der Waals surface area contributed by atoms with Crippen molar-refractivity contribution in [2.75, 3.05) is 20.3 Å². The van der Waals surface area contributed by atoms with Gasteiger partial charge in [0.1, 0.15) is 5.69 Å². The van der Waals surface area contributed by atoms with Crippen LogP contribution in [-0.2, 0) is 4.74 Å². The van der Waals surface area contributed by atoms with Crippen molar-refractivity contribution in [2.45, 2.75) is 19.9 Å². The molecule has 0 unspecified atom stereocenters. The summed E-state index contributed by atoms with van der Waals surface area (Å²) in [5.41, 5.74) is 0.291. The zero-order chi connectivity index (χ0) is 14.4. The van der Waals surface area contributed by atoms with Gasteiger partial charge in [0.2, 0.25) is 0 Å². The predicted octanol–water partition coefficient (Wildman–Crippen LogP) is 1.28. The highest BCUT2D eigenvalue weighted by molar-refractivity contribution is 5.93. The van der Waals surface area contributed by atoms with E-state index in [0.29, 0.717) is 13.2 Å². The van der Waals surface area contributed by atoms with Crippen LogP contribution in [-0.4, -0.2) is 53.2 Å². The molecular formula is C13H18N2O4. The summed E-state index contributed by atoms with van der Waals surface area (Å²) in [5, 5.41) is 8.78. The molecule has 0 bridgehead atoms. The maximum absolute atomic E-state index is 12.2. The molecule has 1 rings (SSSR count). The standard InChI is InChI=1S/C13H18N2O4/c1-9(2)15(6-7-19-3)12(16)11-5-4-10(8-14-11)13(17)18/h4-5,8-9H,6-7H2,1-3H3,(H,17,18). The SMILES string of the molecule is COCCN(C(=O)c1ccc(C(=O)O)cn1)C(C)C. The summed E-state index contributed by atoms with van der Waals surface area (Å²) in [7, 11) is 1.57. The van der Waals surface area contributed by atoms with Crippen LogP contribution in [0.4, 0.5) is 0 Å². The van der Waals surface area contributed by atoms with Gasteiger partial charge in [-0.3, -0.25) is 9.78 Å². The molecular weight excluding hydrogens is 248 g/mol. The number of hydrogen-bond acceptors (Lipinski definition) is 4. The van der Waals surface area contributed by atoms with E-state index < -0.39 is 5.97 Å². The summed E-state index contributed by atoms with van der Waals surface area (Å²) in [4.78, 5) is 28.5. The molecule has 0 radical (unpaired) electrons. The van der Waals surface area contributed by atoms with E-state index in [4.69, 9.17) is 9.84 Å². The van der Waals surface area contributed by atoms with Crippen LogP contribution >= 0.6 is 0 Å². The van der Waals surface area contributed by atoms with Gasteiger partial charge >= 0.3 is 5.97 Å². The first-order valence-corrected chi connectivity index (χ1v) is 5.96. The Bertz CT molecular complexity index is 442. The second-order valence-corrected chi connectivity index (χ2v) is 4.32. The van der Waals surface area contributed by atoms with Gasteiger partial charge in [0, 0.05) is 25.9 Å². The molecule has 104 valence electrons. The largest absolute Gasteiger partial charge is 0.478 e. The van der Waals surface area contributed by atoms with Gasteiger partial charge < -0.3 is 14.7 Å². The van der Waals surface area contributed by atoms with E-state index in [2.05, 4.69) is 4.98 Å². The first-order valence-electron chi connectivity index (χ1n) is 5.96. The molecule has 0 aromatic carbocycles. The third-order valence-corrected chi connectivity index (χ3v) is 2.65. The summed E-state index contributed by atoms with van der Waals surface area (Å²) in [5.74, 6) is -1.30. The van der Waals surface area contributed by atoms with E-state index in [-0.39, 0.29) is 23.2 Å². The van der Waals surface area contributed by atoms with Crippen molar-refractivity contribution in [3.8, 4) is 0 Å². The van der Waals surface area contributed by atoms with Crippen LogP contribution in [0.5, 0.6) is 0 Å². The fraction of sp³-hybridized carbons (Fsp3) is 0.462. The lowest BCUT2D eigenvalue weighted by Gasteiger charge is -2.26. The molecule has 0 atom stereocenters. The molecule has 1 aromatic rings. The summed E-state index contributed by atoms with van der Waals surface area (Å²) >= 11 is 0. The highest BCUT2D eigenvalue weighted by Gasteiger charge is 2.19. The van der Waals surface area contributed by atoms with E-state index in [9.17, 15) is 9.59 Å². The molecule has 6 heteroatoms. The maximum Gasteiger partial charge on any atom is 0.337 e. The first-order chi connectivity index (χ1) is 8.97.